The fourth-order valence-electron chi connectivity index (χ4n) is 7.93. The van der Waals surface area contributed by atoms with Crippen LogP contribution in [0.25, 0.3) is 0 Å². The molecule has 1 unspecified atom stereocenters. The minimum Gasteiger partial charge on any atom is -0.437 e. The molecule has 3 aliphatic heterocycles. The number of carbonyl (C=O) groups excluding carboxylic acids is 1. The fraction of sp³-hybridized carbons (Fsp3) is 0.625. The largest absolute Gasteiger partial charge is 0.437 e. The maximum absolute atomic E-state index is 13.1. The Morgan fingerprint density at radius 1 is 0.950 bits per heavy atom. The molecule has 6 nitrogen and oxygen atoms in total. The van der Waals surface area contributed by atoms with E-state index in [9.17, 15) is 9.82 Å². The molecule has 1 amide bonds. The van der Waals surface area contributed by atoms with Gasteiger partial charge in [-0.2, -0.15) is 0 Å². The van der Waals surface area contributed by atoms with Gasteiger partial charge in [0.05, 0.1) is 11.7 Å². The molecule has 0 spiro atoms. The van der Waals surface area contributed by atoms with E-state index >= 15 is 0 Å². The van der Waals surface area contributed by atoms with Crippen molar-refractivity contribution in [1.29, 1.82) is 0 Å². The van der Waals surface area contributed by atoms with Gasteiger partial charge in [-0.3, -0.25) is 14.7 Å². The number of likely N-dealkylation sites (tertiary alicyclic amines) is 2. The summed E-state index contributed by atoms with van der Waals surface area (Å²) in [7, 11) is -0.378. The third-order valence-corrected chi connectivity index (χ3v) is 10.6. The average Bonchev–Trinajstić information content (AvgIpc) is 3.14. The lowest BCUT2D eigenvalue weighted by atomic mass is 9.78. The van der Waals surface area contributed by atoms with E-state index in [0.717, 1.165) is 94.7 Å². The van der Waals surface area contributed by atoms with E-state index in [-0.39, 0.29) is 13.1 Å². The van der Waals surface area contributed by atoms with Crippen molar-refractivity contribution < 1.29 is 9.82 Å². The molecule has 0 radical (unpaired) electrons. The lowest BCUT2D eigenvalue weighted by Crippen LogP contribution is -2.45. The Hall–Kier alpha value is -1.93. The molecule has 4 heterocycles. The highest BCUT2D eigenvalue weighted by atomic mass is 35.5. The molecule has 1 aliphatic carbocycles. The Balaban J connectivity index is 1.03. The second-order valence-electron chi connectivity index (χ2n) is 12.7. The molecule has 3 saturated heterocycles. The predicted molar refractivity (Wildman–Crippen MR) is 161 cm³/mol. The van der Waals surface area contributed by atoms with Gasteiger partial charge in [-0.1, -0.05) is 23.7 Å². The number of aryl methyl sites for hydroxylation is 2. The quantitative estimate of drug-likeness (QED) is 0.515. The summed E-state index contributed by atoms with van der Waals surface area (Å²) in [5.74, 6) is 2.29. The van der Waals surface area contributed by atoms with Crippen LogP contribution >= 0.6 is 11.6 Å². The van der Waals surface area contributed by atoms with Crippen LogP contribution in [0.4, 0.5) is 0 Å². The lowest BCUT2D eigenvalue weighted by Gasteiger charge is -2.43. The highest BCUT2D eigenvalue weighted by Gasteiger charge is 2.36. The summed E-state index contributed by atoms with van der Waals surface area (Å²) < 4.78 is 0. The number of fused-ring (bicyclic) bond motifs is 2. The molecule has 0 bridgehead atoms. The number of aromatic nitrogens is 1. The van der Waals surface area contributed by atoms with Crippen molar-refractivity contribution >= 4 is 24.6 Å². The van der Waals surface area contributed by atoms with Crippen molar-refractivity contribution in [2.75, 3.05) is 39.3 Å². The number of hydrogen-bond acceptors (Lipinski definition) is 5. The first-order valence-electron chi connectivity index (χ1n) is 15.6. The maximum Gasteiger partial charge on any atom is 0.376 e. The molecular weight excluding hydrogens is 519 g/mol. The predicted octanol–water partition coefficient (Wildman–Crippen LogP) is 5.09. The van der Waals surface area contributed by atoms with Crippen molar-refractivity contribution in [3.8, 4) is 0 Å². The topological polar surface area (TPSA) is 59.9 Å². The Morgan fingerprint density at radius 2 is 1.62 bits per heavy atom. The van der Waals surface area contributed by atoms with Gasteiger partial charge in [0.25, 0.3) is 0 Å². The van der Waals surface area contributed by atoms with E-state index in [1.807, 2.05) is 19.1 Å². The second-order valence-corrected chi connectivity index (χ2v) is 13.1. The number of pyridine rings is 1. The smallest absolute Gasteiger partial charge is 0.376 e. The SMILES string of the molecule is CB(O)N1CCC(CC(=O)N2CCC(C3CCN(C4c5ccc(Cl)cc5CCc5cccnc54)CC3)CC2)CC1. The number of piperidine rings is 3. The molecule has 0 saturated carbocycles. The number of benzene rings is 1. The molecule has 8 heteroatoms. The van der Waals surface area contributed by atoms with Gasteiger partial charge < -0.3 is 14.7 Å². The van der Waals surface area contributed by atoms with Crippen molar-refractivity contribution in [2.45, 2.75) is 70.7 Å². The fourth-order valence-corrected chi connectivity index (χ4v) is 8.12. The third kappa shape index (κ3) is 6.13. The normalized spacial score (nSPS) is 23.9. The zero-order valence-corrected chi connectivity index (χ0v) is 24.7. The van der Waals surface area contributed by atoms with Gasteiger partial charge >= 0.3 is 7.05 Å². The van der Waals surface area contributed by atoms with Crippen molar-refractivity contribution in [3.05, 3.63) is 63.9 Å². The van der Waals surface area contributed by atoms with E-state index in [1.54, 1.807) is 0 Å². The van der Waals surface area contributed by atoms with Gasteiger partial charge in [-0.05, 0) is 137 Å². The Labute approximate surface area is 245 Å². The number of halogens is 1. The Kier molecular flexibility index (Phi) is 8.83. The van der Waals surface area contributed by atoms with E-state index in [1.165, 1.54) is 35.2 Å². The molecule has 3 fully saturated rings. The highest BCUT2D eigenvalue weighted by molar-refractivity contribution is 6.45. The molecule has 214 valence electrons. The second kappa shape index (κ2) is 12.5. The summed E-state index contributed by atoms with van der Waals surface area (Å²) in [4.78, 5) is 24.9. The molecule has 1 N–H and O–H groups in total. The van der Waals surface area contributed by atoms with Gasteiger partial charge in [0.2, 0.25) is 5.91 Å². The summed E-state index contributed by atoms with van der Waals surface area (Å²) >= 11 is 6.41. The third-order valence-electron chi connectivity index (χ3n) is 10.4. The molecule has 1 aromatic heterocycles. The number of nitrogens with zero attached hydrogens (tertiary/aromatic N) is 4. The summed E-state index contributed by atoms with van der Waals surface area (Å²) in [5.41, 5.74) is 5.34. The summed E-state index contributed by atoms with van der Waals surface area (Å²) in [6.07, 6.45) is 11.4. The first-order chi connectivity index (χ1) is 19.5. The van der Waals surface area contributed by atoms with Gasteiger partial charge in [0.1, 0.15) is 0 Å². The molecular formula is C32H44BClN4O2. The van der Waals surface area contributed by atoms with E-state index in [4.69, 9.17) is 16.6 Å². The lowest BCUT2D eigenvalue weighted by molar-refractivity contribution is -0.134. The first-order valence-corrected chi connectivity index (χ1v) is 16.0. The van der Waals surface area contributed by atoms with Crippen LogP contribution in [0.3, 0.4) is 0 Å². The van der Waals surface area contributed by atoms with Gasteiger partial charge in [0.15, 0.2) is 0 Å². The van der Waals surface area contributed by atoms with E-state index in [2.05, 4.69) is 38.9 Å². The number of amides is 1. The maximum atomic E-state index is 13.1. The highest BCUT2D eigenvalue weighted by Crippen LogP contribution is 2.40. The molecule has 40 heavy (non-hydrogen) atoms. The van der Waals surface area contributed by atoms with Crippen LogP contribution in [0.5, 0.6) is 0 Å². The van der Waals surface area contributed by atoms with Gasteiger partial charge in [0, 0.05) is 30.7 Å². The zero-order valence-electron chi connectivity index (χ0n) is 24.0. The number of carbonyl (C=O) groups is 1. The molecule has 4 aliphatic rings. The van der Waals surface area contributed by atoms with Crippen LogP contribution in [-0.2, 0) is 17.6 Å². The van der Waals surface area contributed by atoms with E-state index in [0.29, 0.717) is 18.2 Å². The van der Waals surface area contributed by atoms with Crippen LogP contribution in [0.2, 0.25) is 11.8 Å². The molecule has 2 aromatic rings. The summed E-state index contributed by atoms with van der Waals surface area (Å²) in [5, 5.41) is 10.6. The molecule has 1 aromatic carbocycles. The molecule has 1 atom stereocenters. The number of hydrogen-bond donors (Lipinski definition) is 1. The Bertz CT molecular complexity index is 1170. The summed E-state index contributed by atoms with van der Waals surface area (Å²) in [6, 6.07) is 11.0. The van der Waals surface area contributed by atoms with E-state index < -0.39 is 0 Å². The Morgan fingerprint density at radius 3 is 2.33 bits per heavy atom. The van der Waals surface area contributed by atoms with Crippen LogP contribution < -0.4 is 0 Å². The van der Waals surface area contributed by atoms with Crippen molar-refractivity contribution in [3.63, 3.8) is 0 Å². The van der Waals surface area contributed by atoms with Gasteiger partial charge in [-0.25, -0.2) is 0 Å². The first kappa shape index (κ1) is 28.2. The zero-order chi connectivity index (χ0) is 27.6. The monoisotopic (exact) mass is 562 g/mol. The average molecular weight is 563 g/mol. The number of rotatable bonds is 5. The molecule has 6 rings (SSSR count). The van der Waals surface area contributed by atoms with Crippen LogP contribution in [0, 0.1) is 17.8 Å². The van der Waals surface area contributed by atoms with Crippen LogP contribution in [-0.4, -0.2) is 76.8 Å². The van der Waals surface area contributed by atoms with Crippen molar-refractivity contribution in [2.24, 2.45) is 17.8 Å². The van der Waals surface area contributed by atoms with Gasteiger partial charge in [-0.15, -0.1) is 0 Å². The standard InChI is InChI=1S/C32H44BClN4O2/c1-33(40)38-19-8-23(9-20-38)21-30(39)36-15-10-24(11-16-36)25-12-17-37(18-13-25)32-29-7-6-28(34)22-27(29)5-4-26-3-2-14-35-31(26)32/h2-3,6-7,14,22-25,32,40H,4-5,8-13,15-21H2,1H3. The van der Waals surface area contributed by atoms with Crippen LogP contribution in [0.15, 0.2) is 36.5 Å². The minimum atomic E-state index is -0.378. The summed E-state index contributed by atoms with van der Waals surface area (Å²) in [6.45, 7) is 7.67. The van der Waals surface area contributed by atoms with Crippen LogP contribution in [0.1, 0.15) is 73.4 Å². The van der Waals surface area contributed by atoms with Crippen molar-refractivity contribution in [1.82, 2.24) is 19.6 Å². The minimum absolute atomic E-state index is 0.207.